The van der Waals surface area contributed by atoms with Crippen LogP contribution in [0.5, 0.6) is 5.75 Å². The maximum Gasteiger partial charge on any atom is 0.167 e. The zero-order valence-electron chi connectivity index (χ0n) is 19.4. The number of nitrogens with two attached hydrogens (primary N) is 1. The Labute approximate surface area is 196 Å². The van der Waals surface area contributed by atoms with Gasteiger partial charge in [0.05, 0.1) is 19.0 Å². The van der Waals surface area contributed by atoms with Gasteiger partial charge in [-0.05, 0) is 36.0 Å². The minimum absolute atomic E-state index is 0.0346. The summed E-state index contributed by atoms with van der Waals surface area (Å²) >= 11 is 0. The summed E-state index contributed by atoms with van der Waals surface area (Å²) in [5.41, 5.74) is 13.3. The lowest BCUT2D eigenvalue weighted by atomic mass is 9.91. The highest BCUT2D eigenvalue weighted by Crippen LogP contribution is 2.36. The third-order valence-corrected chi connectivity index (χ3v) is 6.52. The third-order valence-electron chi connectivity index (χ3n) is 6.52. The number of hydrogen-bond acceptors (Lipinski definition) is 10. The van der Waals surface area contributed by atoms with E-state index in [1.54, 1.807) is 0 Å². The van der Waals surface area contributed by atoms with Gasteiger partial charge in [0.2, 0.25) is 0 Å². The SMILES string of the molecule is Cc1ccc(C(C)C)c2c1CC(NOC[C@H]1O[C@@H](n3cnc4c(N)ncnc43)[C@H](O)[C@@H]1O)CO2. The van der Waals surface area contributed by atoms with E-state index in [1.165, 1.54) is 33.9 Å². The molecule has 4 heterocycles. The number of hydroxylamine groups is 1. The molecule has 11 heteroatoms. The van der Waals surface area contributed by atoms with Crippen LogP contribution < -0.4 is 16.0 Å². The molecule has 1 fully saturated rings. The monoisotopic (exact) mass is 470 g/mol. The number of rotatable bonds is 6. The van der Waals surface area contributed by atoms with Gasteiger partial charge in [-0.3, -0.25) is 9.40 Å². The van der Waals surface area contributed by atoms with Crippen molar-refractivity contribution in [3.05, 3.63) is 41.5 Å². The summed E-state index contributed by atoms with van der Waals surface area (Å²) in [5, 5.41) is 21.1. The lowest BCUT2D eigenvalue weighted by molar-refractivity contribution is -0.0955. The molecule has 0 saturated carbocycles. The molecule has 3 aromatic rings. The maximum absolute atomic E-state index is 10.6. The van der Waals surface area contributed by atoms with Gasteiger partial charge in [-0.2, -0.15) is 5.48 Å². The van der Waals surface area contributed by atoms with E-state index >= 15 is 0 Å². The molecular formula is C23H30N6O5. The number of anilines is 1. The first kappa shape index (κ1) is 22.9. The van der Waals surface area contributed by atoms with Crippen molar-refractivity contribution in [3.63, 3.8) is 0 Å². The Morgan fingerprint density at radius 2 is 2.06 bits per heavy atom. The van der Waals surface area contributed by atoms with E-state index in [4.69, 9.17) is 20.0 Å². The van der Waals surface area contributed by atoms with E-state index < -0.39 is 24.5 Å². The van der Waals surface area contributed by atoms with Gasteiger partial charge in [0.15, 0.2) is 17.7 Å². The summed E-state index contributed by atoms with van der Waals surface area (Å²) in [4.78, 5) is 18.0. The third kappa shape index (κ3) is 3.99. The van der Waals surface area contributed by atoms with Crippen molar-refractivity contribution in [2.45, 2.75) is 63.7 Å². The molecule has 1 unspecified atom stereocenters. The summed E-state index contributed by atoms with van der Waals surface area (Å²) in [6.45, 7) is 6.90. The standard InChI is InChI=1S/C23H30N6O5/c1-11(2)14-5-4-12(3)15-6-13(7-32-20(14)15)28-33-8-16-18(30)19(31)23(34-16)29-10-27-17-21(24)25-9-26-22(17)29/h4-5,9-11,13,16,18-19,23,28,30-31H,6-8H2,1-3H3,(H2,24,25,26)/t13?,16-,18-,19-,23-/m1/s1. The molecule has 0 aliphatic carbocycles. The number of aryl methyl sites for hydroxylation is 1. The van der Waals surface area contributed by atoms with Crippen LogP contribution in [0.2, 0.25) is 0 Å². The first-order valence-electron chi connectivity index (χ1n) is 11.4. The number of nitrogens with zero attached hydrogens (tertiary/aromatic N) is 4. The Morgan fingerprint density at radius 3 is 2.85 bits per heavy atom. The van der Waals surface area contributed by atoms with Gasteiger partial charge in [-0.15, -0.1) is 0 Å². The van der Waals surface area contributed by atoms with E-state index in [2.05, 4.69) is 53.3 Å². The fourth-order valence-electron chi connectivity index (χ4n) is 4.59. The first-order valence-corrected chi connectivity index (χ1v) is 11.4. The van der Waals surface area contributed by atoms with E-state index in [1.807, 2.05) is 0 Å². The van der Waals surface area contributed by atoms with Crippen LogP contribution in [0.15, 0.2) is 24.8 Å². The first-order chi connectivity index (χ1) is 16.3. The fourth-order valence-corrected chi connectivity index (χ4v) is 4.59. The van der Waals surface area contributed by atoms with Crippen LogP contribution in [0.1, 0.15) is 42.7 Å². The Kier molecular flexibility index (Phi) is 6.13. The number of nitrogen functional groups attached to an aromatic ring is 1. The van der Waals surface area contributed by atoms with Gasteiger partial charge in [-0.1, -0.05) is 26.0 Å². The molecule has 2 aromatic heterocycles. The van der Waals surface area contributed by atoms with Crippen LogP contribution in [-0.2, 0) is 16.0 Å². The van der Waals surface area contributed by atoms with Crippen LogP contribution in [0.4, 0.5) is 5.82 Å². The quantitative estimate of drug-likeness (QED) is 0.384. The highest BCUT2D eigenvalue weighted by Gasteiger charge is 2.44. The summed E-state index contributed by atoms with van der Waals surface area (Å²) in [5.74, 6) is 1.59. The summed E-state index contributed by atoms with van der Waals surface area (Å²) in [7, 11) is 0. The number of fused-ring (bicyclic) bond motifs is 2. The molecule has 1 aromatic carbocycles. The lowest BCUT2D eigenvalue weighted by Gasteiger charge is -2.30. The molecule has 0 bridgehead atoms. The van der Waals surface area contributed by atoms with Gasteiger partial charge < -0.3 is 25.4 Å². The number of nitrogens with one attached hydrogen (secondary N) is 1. The predicted octanol–water partition coefficient (Wildman–Crippen LogP) is 0.984. The van der Waals surface area contributed by atoms with E-state index in [0.29, 0.717) is 23.7 Å². The van der Waals surface area contributed by atoms with Crippen molar-refractivity contribution in [1.29, 1.82) is 0 Å². The molecule has 0 radical (unpaired) electrons. The average Bonchev–Trinajstić information content (AvgIpc) is 3.37. The lowest BCUT2D eigenvalue weighted by Crippen LogP contribution is -2.42. The zero-order valence-corrected chi connectivity index (χ0v) is 19.4. The normalized spacial score (nSPS) is 26.7. The second kappa shape index (κ2) is 9.08. The summed E-state index contributed by atoms with van der Waals surface area (Å²) in [6, 6.07) is 4.21. The number of aliphatic hydroxyl groups excluding tert-OH is 2. The van der Waals surface area contributed by atoms with Gasteiger partial charge >= 0.3 is 0 Å². The van der Waals surface area contributed by atoms with Crippen molar-refractivity contribution in [2.24, 2.45) is 0 Å². The average molecular weight is 471 g/mol. The van der Waals surface area contributed by atoms with Crippen molar-refractivity contribution >= 4 is 17.0 Å². The Balaban J connectivity index is 1.21. The van der Waals surface area contributed by atoms with Crippen LogP contribution in [0.25, 0.3) is 11.2 Å². The second-order valence-corrected chi connectivity index (χ2v) is 9.20. The molecule has 5 rings (SSSR count). The van der Waals surface area contributed by atoms with Gasteiger partial charge in [0.1, 0.15) is 42.5 Å². The predicted molar refractivity (Wildman–Crippen MR) is 123 cm³/mol. The molecule has 11 nitrogen and oxygen atoms in total. The molecule has 34 heavy (non-hydrogen) atoms. The van der Waals surface area contributed by atoms with Crippen LogP contribution in [0.3, 0.4) is 0 Å². The molecule has 2 aliphatic heterocycles. The number of imidazole rings is 1. The second-order valence-electron chi connectivity index (χ2n) is 9.20. The molecule has 182 valence electrons. The van der Waals surface area contributed by atoms with Gasteiger partial charge in [0.25, 0.3) is 0 Å². The molecule has 1 saturated heterocycles. The van der Waals surface area contributed by atoms with Crippen molar-refractivity contribution in [2.75, 3.05) is 18.9 Å². The molecule has 5 atom stereocenters. The highest BCUT2D eigenvalue weighted by molar-refractivity contribution is 5.81. The highest BCUT2D eigenvalue weighted by atomic mass is 16.7. The Morgan fingerprint density at radius 1 is 1.24 bits per heavy atom. The van der Waals surface area contributed by atoms with Crippen molar-refractivity contribution in [3.8, 4) is 5.75 Å². The minimum atomic E-state index is -1.19. The smallest absolute Gasteiger partial charge is 0.167 e. The molecule has 2 aliphatic rings. The van der Waals surface area contributed by atoms with Gasteiger partial charge in [0, 0.05) is 0 Å². The number of aromatic nitrogens is 4. The number of hydrogen-bond donors (Lipinski definition) is 4. The van der Waals surface area contributed by atoms with Crippen LogP contribution in [0, 0.1) is 6.92 Å². The van der Waals surface area contributed by atoms with Crippen LogP contribution in [-0.4, -0.2) is 67.3 Å². The van der Waals surface area contributed by atoms with Crippen molar-refractivity contribution in [1.82, 2.24) is 25.0 Å². The largest absolute Gasteiger partial charge is 0.491 e. The van der Waals surface area contributed by atoms with E-state index in [0.717, 1.165) is 12.2 Å². The van der Waals surface area contributed by atoms with Crippen LogP contribution >= 0.6 is 0 Å². The number of aliphatic hydroxyl groups is 2. The van der Waals surface area contributed by atoms with Crippen molar-refractivity contribution < 1.29 is 24.5 Å². The molecule has 0 spiro atoms. The Bertz CT molecular complexity index is 1180. The number of ether oxygens (including phenoxy) is 2. The van der Waals surface area contributed by atoms with Gasteiger partial charge in [-0.25, -0.2) is 15.0 Å². The topological polar surface area (TPSA) is 150 Å². The van der Waals surface area contributed by atoms with E-state index in [-0.39, 0.29) is 18.5 Å². The maximum atomic E-state index is 10.6. The minimum Gasteiger partial charge on any atom is -0.491 e. The number of benzene rings is 1. The fraction of sp³-hybridized carbons (Fsp3) is 0.522. The molecule has 5 N–H and O–H groups in total. The zero-order chi connectivity index (χ0) is 24.0. The Hall–Kier alpha value is -2.83. The summed E-state index contributed by atoms with van der Waals surface area (Å²) in [6.07, 6.45) is -0.438. The molecule has 0 amide bonds. The summed E-state index contributed by atoms with van der Waals surface area (Å²) < 4.78 is 13.5. The van der Waals surface area contributed by atoms with E-state index in [9.17, 15) is 10.2 Å². The molecular weight excluding hydrogens is 440 g/mol.